The van der Waals surface area contributed by atoms with Gasteiger partial charge in [0, 0.05) is 5.56 Å². The van der Waals surface area contributed by atoms with Crippen LogP contribution in [0.15, 0.2) is 42.5 Å². The third-order valence-electron chi connectivity index (χ3n) is 3.00. The lowest BCUT2D eigenvalue weighted by Gasteiger charge is -2.11. The minimum absolute atomic E-state index is 0.304. The van der Waals surface area contributed by atoms with Crippen molar-refractivity contribution in [1.29, 1.82) is 0 Å². The van der Waals surface area contributed by atoms with Crippen molar-refractivity contribution in [2.75, 3.05) is 7.11 Å². The number of aldehydes is 1. The molecule has 108 valence electrons. The number of ether oxygens (including phenoxy) is 2. The molecule has 6 heteroatoms. The van der Waals surface area contributed by atoms with E-state index in [0.29, 0.717) is 29.1 Å². The number of methoxy groups -OCH3 is 1. The van der Waals surface area contributed by atoms with Gasteiger partial charge >= 0.3 is 7.12 Å². The molecule has 0 heterocycles. The second kappa shape index (κ2) is 6.92. The van der Waals surface area contributed by atoms with Gasteiger partial charge < -0.3 is 19.5 Å². The van der Waals surface area contributed by atoms with E-state index in [1.807, 2.05) is 0 Å². The largest absolute Gasteiger partial charge is 0.493 e. The van der Waals surface area contributed by atoms with Crippen LogP contribution in [-0.2, 0) is 6.61 Å². The average Bonchev–Trinajstić information content (AvgIpc) is 2.53. The van der Waals surface area contributed by atoms with E-state index >= 15 is 0 Å². The molecule has 0 saturated carbocycles. The first-order valence-corrected chi connectivity index (χ1v) is 6.35. The van der Waals surface area contributed by atoms with Crippen LogP contribution in [0.3, 0.4) is 0 Å². The Morgan fingerprint density at radius 1 is 1.10 bits per heavy atom. The standard InChI is InChI=1S/C15H15BO5/c1-20-15-8-12(9-17)4-7-14(15)21-10-11-2-5-13(6-3-11)16(18)19/h2-9,18-19H,10H2,1H3. The van der Waals surface area contributed by atoms with Gasteiger partial charge in [0.15, 0.2) is 11.5 Å². The molecule has 5 nitrogen and oxygen atoms in total. The Labute approximate surface area is 122 Å². The Hall–Kier alpha value is -2.31. The van der Waals surface area contributed by atoms with E-state index in [-0.39, 0.29) is 0 Å². The van der Waals surface area contributed by atoms with Gasteiger partial charge in [0.2, 0.25) is 0 Å². The van der Waals surface area contributed by atoms with Crippen LogP contribution in [0.1, 0.15) is 15.9 Å². The molecule has 0 spiro atoms. The highest BCUT2D eigenvalue weighted by Crippen LogP contribution is 2.28. The Morgan fingerprint density at radius 2 is 1.81 bits per heavy atom. The van der Waals surface area contributed by atoms with Crippen molar-refractivity contribution in [2.24, 2.45) is 0 Å². The zero-order valence-corrected chi connectivity index (χ0v) is 11.5. The van der Waals surface area contributed by atoms with Gasteiger partial charge in [-0.05, 0) is 29.2 Å². The molecule has 0 atom stereocenters. The van der Waals surface area contributed by atoms with Crippen molar-refractivity contribution in [3.63, 3.8) is 0 Å². The fourth-order valence-electron chi connectivity index (χ4n) is 1.82. The maximum Gasteiger partial charge on any atom is 0.488 e. The predicted molar refractivity (Wildman–Crippen MR) is 79.0 cm³/mol. The molecule has 0 aliphatic heterocycles. The van der Waals surface area contributed by atoms with Gasteiger partial charge in [0.25, 0.3) is 0 Å². The molecule has 0 unspecified atom stereocenters. The van der Waals surface area contributed by atoms with Crippen LogP contribution < -0.4 is 14.9 Å². The van der Waals surface area contributed by atoms with Gasteiger partial charge in [-0.15, -0.1) is 0 Å². The molecule has 0 aliphatic carbocycles. The highest BCUT2D eigenvalue weighted by molar-refractivity contribution is 6.58. The summed E-state index contributed by atoms with van der Waals surface area (Å²) in [4.78, 5) is 10.7. The smallest absolute Gasteiger partial charge is 0.488 e. The molecule has 2 aromatic carbocycles. The quantitative estimate of drug-likeness (QED) is 0.606. The van der Waals surface area contributed by atoms with E-state index in [2.05, 4.69) is 0 Å². The van der Waals surface area contributed by atoms with Crippen molar-refractivity contribution < 1.29 is 24.3 Å². The van der Waals surface area contributed by atoms with Crippen LogP contribution in [-0.4, -0.2) is 30.6 Å². The lowest BCUT2D eigenvalue weighted by molar-refractivity contribution is 0.112. The van der Waals surface area contributed by atoms with Crippen LogP contribution in [0.4, 0.5) is 0 Å². The first kappa shape index (κ1) is 15.1. The van der Waals surface area contributed by atoms with Gasteiger partial charge in [-0.1, -0.05) is 24.3 Å². The topological polar surface area (TPSA) is 76.0 Å². The molecule has 0 saturated heterocycles. The number of carbonyl (C=O) groups is 1. The molecule has 0 amide bonds. The number of hydrogen-bond donors (Lipinski definition) is 2. The summed E-state index contributed by atoms with van der Waals surface area (Å²) in [6.45, 7) is 0.304. The lowest BCUT2D eigenvalue weighted by atomic mass is 9.80. The SMILES string of the molecule is COc1cc(C=O)ccc1OCc1ccc(B(O)O)cc1. The van der Waals surface area contributed by atoms with Gasteiger partial charge in [0.1, 0.15) is 12.9 Å². The summed E-state index contributed by atoms with van der Waals surface area (Å²) in [5.74, 6) is 1.02. The monoisotopic (exact) mass is 286 g/mol. The molecule has 0 bridgehead atoms. The van der Waals surface area contributed by atoms with Crippen LogP contribution in [0, 0.1) is 0 Å². The Kier molecular flexibility index (Phi) is 4.97. The van der Waals surface area contributed by atoms with Crippen LogP contribution in [0.2, 0.25) is 0 Å². The van der Waals surface area contributed by atoms with E-state index in [4.69, 9.17) is 19.5 Å². The van der Waals surface area contributed by atoms with Crippen molar-refractivity contribution in [2.45, 2.75) is 6.61 Å². The van der Waals surface area contributed by atoms with E-state index in [1.54, 1.807) is 42.5 Å². The minimum atomic E-state index is -1.48. The second-order valence-electron chi connectivity index (χ2n) is 4.43. The van der Waals surface area contributed by atoms with E-state index in [0.717, 1.165) is 11.8 Å². The summed E-state index contributed by atoms with van der Waals surface area (Å²) >= 11 is 0. The molecular weight excluding hydrogens is 271 g/mol. The second-order valence-corrected chi connectivity index (χ2v) is 4.43. The van der Waals surface area contributed by atoms with E-state index in [1.165, 1.54) is 7.11 Å². The number of hydrogen-bond acceptors (Lipinski definition) is 5. The highest BCUT2D eigenvalue weighted by Gasteiger charge is 2.10. The fraction of sp³-hybridized carbons (Fsp3) is 0.133. The van der Waals surface area contributed by atoms with Crippen molar-refractivity contribution in [3.05, 3.63) is 53.6 Å². The third kappa shape index (κ3) is 3.84. The summed E-state index contributed by atoms with van der Waals surface area (Å²) < 4.78 is 10.8. The molecule has 0 radical (unpaired) electrons. The molecule has 0 aliphatic rings. The molecule has 0 fully saturated rings. The average molecular weight is 286 g/mol. The summed E-state index contributed by atoms with van der Waals surface area (Å²) in [6, 6.07) is 11.7. The summed E-state index contributed by atoms with van der Waals surface area (Å²) in [5, 5.41) is 18.0. The number of carbonyl (C=O) groups excluding carboxylic acids is 1. The predicted octanol–water partition coefficient (Wildman–Crippen LogP) is 0.766. The Balaban J connectivity index is 2.07. The highest BCUT2D eigenvalue weighted by atomic mass is 16.5. The Morgan fingerprint density at radius 3 is 2.38 bits per heavy atom. The van der Waals surface area contributed by atoms with Crippen molar-refractivity contribution >= 4 is 18.9 Å². The van der Waals surface area contributed by atoms with Crippen LogP contribution >= 0.6 is 0 Å². The van der Waals surface area contributed by atoms with Crippen LogP contribution in [0.5, 0.6) is 11.5 Å². The number of benzene rings is 2. The molecule has 21 heavy (non-hydrogen) atoms. The number of rotatable bonds is 6. The van der Waals surface area contributed by atoms with Gasteiger partial charge in [-0.3, -0.25) is 4.79 Å². The Bertz CT molecular complexity index is 610. The van der Waals surface area contributed by atoms with Crippen LogP contribution in [0.25, 0.3) is 0 Å². The van der Waals surface area contributed by atoms with Crippen molar-refractivity contribution in [3.8, 4) is 11.5 Å². The lowest BCUT2D eigenvalue weighted by Crippen LogP contribution is -2.29. The molecule has 0 aromatic heterocycles. The molecular formula is C15H15BO5. The van der Waals surface area contributed by atoms with Gasteiger partial charge in [-0.25, -0.2) is 0 Å². The maximum atomic E-state index is 10.7. The minimum Gasteiger partial charge on any atom is -0.493 e. The normalized spacial score (nSPS) is 10.0. The summed E-state index contributed by atoms with van der Waals surface area (Å²) in [6.07, 6.45) is 0.741. The van der Waals surface area contributed by atoms with Crippen molar-refractivity contribution in [1.82, 2.24) is 0 Å². The zero-order valence-electron chi connectivity index (χ0n) is 11.5. The van der Waals surface area contributed by atoms with Gasteiger partial charge in [0.05, 0.1) is 7.11 Å². The summed E-state index contributed by atoms with van der Waals surface area (Å²) in [7, 11) is 0.0322. The summed E-state index contributed by atoms with van der Waals surface area (Å²) in [5.41, 5.74) is 1.81. The fourth-order valence-corrected chi connectivity index (χ4v) is 1.82. The zero-order chi connectivity index (χ0) is 15.2. The van der Waals surface area contributed by atoms with E-state index in [9.17, 15) is 4.79 Å². The molecule has 2 aromatic rings. The van der Waals surface area contributed by atoms with E-state index < -0.39 is 7.12 Å². The maximum absolute atomic E-state index is 10.7. The van der Waals surface area contributed by atoms with Gasteiger partial charge in [-0.2, -0.15) is 0 Å². The first-order chi connectivity index (χ1) is 10.1. The molecule has 2 rings (SSSR count). The molecule has 2 N–H and O–H groups in total. The first-order valence-electron chi connectivity index (χ1n) is 6.35. The third-order valence-corrected chi connectivity index (χ3v) is 3.00.